The number of H-pyrrole nitrogens is 1. The summed E-state index contributed by atoms with van der Waals surface area (Å²) in [5, 5.41) is 9.88. The van der Waals surface area contributed by atoms with E-state index in [0.29, 0.717) is 23.4 Å². The normalized spacial score (nSPS) is 20.0. The molecule has 0 spiro atoms. The molecule has 2 fully saturated rings. The molecule has 1 aliphatic carbocycles. The van der Waals surface area contributed by atoms with E-state index in [0.717, 1.165) is 49.1 Å². The standard InChI is InChI=1S/C19H21N5O3/c20-6-10-3-4-23(7-10)14-5-13-15(17-16(14)21-9-22-17)18(25)12(19(26)27)8-24(13)11-1-2-11/h5,8-11H,1-4,6-7,20H2,(H,21,22)(H,26,27). The monoisotopic (exact) mass is 367 g/mol. The van der Waals surface area contributed by atoms with Crippen LogP contribution in [0.1, 0.15) is 35.7 Å². The van der Waals surface area contributed by atoms with Gasteiger partial charge in [-0.3, -0.25) is 4.79 Å². The first-order valence-corrected chi connectivity index (χ1v) is 9.31. The quantitative estimate of drug-likeness (QED) is 0.646. The van der Waals surface area contributed by atoms with E-state index < -0.39 is 11.4 Å². The van der Waals surface area contributed by atoms with Gasteiger partial charge in [-0.05, 0) is 37.8 Å². The van der Waals surface area contributed by atoms with Crippen LogP contribution in [0.3, 0.4) is 0 Å². The number of aromatic amines is 1. The number of fused-ring (bicyclic) bond motifs is 3. The molecule has 4 N–H and O–H groups in total. The number of imidazole rings is 1. The Bertz CT molecular complexity index is 1130. The highest BCUT2D eigenvalue weighted by Crippen LogP contribution is 2.40. The second kappa shape index (κ2) is 5.82. The van der Waals surface area contributed by atoms with Gasteiger partial charge < -0.3 is 25.3 Å². The van der Waals surface area contributed by atoms with Crippen LogP contribution in [-0.4, -0.2) is 45.2 Å². The van der Waals surface area contributed by atoms with Gasteiger partial charge in [0, 0.05) is 25.3 Å². The van der Waals surface area contributed by atoms with Gasteiger partial charge in [0.05, 0.1) is 28.4 Å². The van der Waals surface area contributed by atoms with E-state index in [1.165, 1.54) is 6.20 Å². The fourth-order valence-electron chi connectivity index (χ4n) is 4.20. The zero-order valence-corrected chi connectivity index (χ0v) is 14.8. The van der Waals surface area contributed by atoms with Gasteiger partial charge in [0.2, 0.25) is 5.43 Å². The maximum absolute atomic E-state index is 12.9. The molecule has 8 nitrogen and oxygen atoms in total. The number of carbonyl (C=O) groups is 1. The van der Waals surface area contributed by atoms with Crippen molar-refractivity contribution in [2.24, 2.45) is 11.7 Å². The first kappa shape index (κ1) is 16.3. The number of hydrogen-bond acceptors (Lipinski definition) is 5. The Kier molecular flexibility index (Phi) is 3.51. The number of pyridine rings is 1. The molecule has 1 unspecified atom stereocenters. The number of nitrogens with one attached hydrogen (secondary N) is 1. The van der Waals surface area contributed by atoms with Gasteiger partial charge in [-0.15, -0.1) is 0 Å². The molecule has 0 radical (unpaired) electrons. The topological polar surface area (TPSA) is 117 Å². The van der Waals surface area contributed by atoms with Crippen LogP contribution >= 0.6 is 0 Å². The smallest absolute Gasteiger partial charge is 0.341 e. The average Bonchev–Trinajstić information content (AvgIpc) is 3.19. The Hall–Kier alpha value is -2.87. The molecule has 0 bridgehead atoms. The highest BCUT2D eigenvalue weighted by Gasteiger charge is 2.30. The zero-order chi connectivity index (χ0) is 18.7. The number of nitrogens with two attached hydrogens (primary N) is 1. The van der Waals surface area contributed by atoms with E-state index in [9.17, 15) is 14.7 Å². The van der Waals surface area contributed by atoms with Crippen LogP contribution < -0.4 is 16.1 Å². The van der Waals surface area contributed by atoms with Gasteiger partial charge in [0.1, 0.15) is 11.1 Å². The Labute approximate surface area is 154 Å². The molecule has 3 heterocycles. The van der Waals surface area contributed by atoms with E-state index >= 15 is 0 Å². The molecule has 5 rings (SSSR count). The highest BCUT2D eigenvalue weighted by atomic mass is 16.4. The summed E-state index contributed by atoms with van der Waals surface area (Å²) in [6.45, 7) is 2.43. The van der Waals surface area contributed by atoms with Crippen molar-refractivity contribution in [3.8, 4) is 0 Å². The van der Waals surface area contributed by atoms with Crippen LogP contribution in [-0.2, 0) is 0 Å². The molecule has 1 aromatic carbocycles. The summed E-state index contributed by atoms with van der Waals surface area (Å²) in [5.41, 5.74) is 8.26. The summed E-state index contributed by atoms with van der Waals surface area (Å²) in [6.07, 6.45) is 6.09. The number of benzene rings is 1. The zero-order valence-electron chi connectivity index (χ0n) is 14.8. The molecule has 2 aromatic heterocycles. The minimum absolute atomic E-state index is 0.198. The lowest BCUT2D eigenvalue weighted by Gasteiger charge is -2.21. The van der Waals surface area contributed by atoms with Crippen LogP contribution in [0.25, 0.3) is 21.9 Å². The van der Waals surface area contributed by atoms with Crippen LogP contribution in [0.4, 0.5) is 5.69 Å². The molecule has 1 atom stereocenters. The van der Waals surface area contributed by atoms with Crippen molar-refractivity contribution >= 4 is 33.6 Å². The van der Waals surface area contributed by atoms with Gasteiger partial charge in [-0.1, -0.05) is 0 Å². The Morgan fingerprint density at radius 2 is 2.19 bits per heavy atom. The molecule has 1 aliphatic heterocycles. The summed E-state index contributed by atoms with van der Waals surface area (Å²) in [7, 11) is 0. The van der Waals surface area contributed by atoms with Crippen LogP contribution in [0.2, 0.25) is 0 Å². The molecule has 1 saturated carbocycles. The van der Waals surface area contributed by atoms with Crippen molar-refractivity contribution in [3.63, 3.8) is 0 Å². The summed E-state index contributed by atoms with van der Waals surface area (Å²) < 4.78 is 1.95. The number of anilines is 1. The molecule has 3 aromatic rings. The number of nitrogens with zero attached hydrogens (tertiary/aromatic N) is 3. The van der Waals surface area contributed by atoms with Crippen molar-refractivity contribution in [1.82, 2.24) is 14.5 Å². The number of carboxylic acid groups (broad SMARTS) is 1. The van der Waals surface area contributed by atoms with Gasteiger partial charge >= 0.3 is 5.97 Å². The predicted molar refractivity (Wildman–Crippen MR) is 102 cm³/mol. The first-order valence-electron chi connectivity index (χ1n) is 9.31. The highest BCUT2D eigenvalue weighted by molar-refractivity contribution is 6.10. The summed E-state index contributed by atoms with van der Waals surface area (Å²) in [6, 6.07) is 2.26. The second-order valence-electron chi connectivity index (χ2n) is 7.57. The fraction of sp³-hybridized carbons (Fsp3) is 0.421. The average molecular weight is 367 g/mol. The maximum atomic E-state index is 12.9. The number of carboxylic acids is 1. The third kappa shape index (κ3) is 2.43. The number of aromatic nitrogens is 3. The van der Waals surface area contributed by atoms with E-state index in [1.807, 2.05) is 10.6 Å². The molecular formula is C19H21N5O3. The third-order valence-corrected chi connectivity index (χ3v) is 5.81. The molecule has 0 amide bonds. The Morgan fingerprint density at radius 1 is 1.37 bits per heavy atom. The molecule has 1 saturated heterocycles. The van der Waals surface area contributed by atoms with Gasteiger partial charge in [0.25, 0.3) is 0 Å². The van der Waals surface area contributed by atoms with Gasteiger partial charge in [-0.2, -0.15) is 0 Å². The third-order valence-electron chi connectivity index (χ3n) is 5.81. The minimum atomic E-state index is -1.20. The van der Waals surface area contributed by atoms with E-state index in [4.69, 9.17) is 5.73 Å². The van der Waals surface area contributed by atoms with Gasteiger partial charge in [-0.25, -0.2) is 9.78 Å². The lowest BCUT2D eigenvalue weighted by molar-refractivity contribution is 0.0695. The van der Waals surface area contributed by atoms with E-state index in [2.05, 4.69) is 14.9 Å². The Morgan fingerprint density at radius 3 is 2.85 bits per heavy atom. The molecular weight excluding hydrogens is 346 g/mol. The van der Waals surface area contributed by atoms with Crippen LogP contribution in [0.5, 0.6) is 0 Å². The fourth-order valence-corrected chi connectivity index (χ4v) is 4.20. The first-order chi connectivity index (χ1) is 13.1. The van der Waals surface area contributed by atoms with E-state index in [-0.39, 0.29) is 11.6 Å². The predicted octanol–water partition coefficient (Wildman–Crippen LogP) is 1.70. The molecule has 8 heteroatoms. The molecule has 27 heavy (non-hydrogen) atoms. The maximum Gasteiger partial charge on any atom is 0.341 e. The minimum Gasteiger partial charge on any atom is -0.477 e. The van der Waals surface area contributed by atoms with Crippen molar-refractivity contribution in [2.45, 2.75) is 25.3 Å². The number of aromatic carboxylic acids is 1. The summed E-state index contributed by atoms with van der Waals surface area (Å²) in [4.78, 5) is 34.4. The lowest BCUT2D eigenvalue weighted by Crippen LogP contribution is -2.24. The molecule has 2 aliphatic rings. The second-order valence-corrected chi connectivity index (χ2v) is 7.57. The van der Waals surface area contributed by atoms with Crippen molar-refractivity contribution in [1.29, 1.82) is 0 Å². The van der Waals surface area contributed by atoms with Crippen molar-refractivity contribution in [3.05, 3.63) is 34.4 Å². The SMILES string of the molecule is NCC1CCN(c2cc3c(c(=O)c(C(=O)O)cn3C3CC3)c3nc[nH]c23)C1. The largest absolute Gasteiger partial charge is 0.477 e. The summed E-state index contributed by atoms with van der Waals surface area (Å²) >= 11 is 0. The van der Waals surface area contributed by atoms with E-state index in [1.54, 1.807) is 6.33 Å². The van der Waals surface area contributed by atoms with Gasteiger partial charge in [0.15, 0.2) is 0 Å². The van der Waals surface area contributed by atoms with Crippen molar-refractivity contribution in [2.75, 3.05) is 24.5 Å². The number of rotatable bonds is 4. The molecule has 140 valence electrons. The van der Waals surface area contributed by atoms with Crippen LogP contribution in [0.15, 0.2) is 23.4 Å². The summed E-state index contributed by atoms with van der Waals surface area (Å²) in [5.74, 6) is -0.743. The Balaban J connectivity index is 1.82. The van der Waals surface area contributed by atoms with Crippen molar-refractivity contribution < 1.29 is 9.90 Å². The number of hydrogen-bond donors (Lipinski definition) is 3. The lowest BCUT2D eigenvalue weighted by atomic mass is 10.1. The van der Waals surface area contributed by atoms with Crippen LogP contribution in [0, 0.1) is 5.92 Å².